The summed E-state index contributed by atoms with van der Waals surface area (Å²) in [6.45, 7) is 6.16. The fourth-order valence-electron chi connectivity index (χ4n) is 3.57. The number of ketones is 1. The molecule has 2 unspecified atom stereocenters. The molecule has 24 heavy (non-hydrogen) atoms. The second-order valence-corrected chi connectivity index (χ2v) is 6.06. The Kier molecular flexibility index (Phi) is 6.15. The molecule has 0 heterocycles. The minimum Gasteiger partial charge on any atom is -0.496 e. The molecule has 0 saturated heterocycles. The Hall–Kier alpha value is -2.14. The van der Waals surface area contributed by atoms with Crippen molar-refractivity contribution in [2.75, 3.05) is 27.3 Å². The molecule has 5 nitrogen and oxygen atoms in total. The Morgan fingerprint density at radius 3 is 2.71 bits per heavy atom. The zero-order valence-corrected chi connectivity index (χ0v) is 14.6. The number of esters is 1. The van der Waals surface area contributed by atoms with E-state index >= 15 is 0 Å². The van der Waals surface area contributed by atoms with Crippen molar-refractivity contribution in [1.82, 2.24) is 4.90 Å². The second-order valence-electron chi connectivity index (χ2n) is 6.06. The number of ether oxygens (including phenoxy) is 2. The molecule has 0 radical (unpaired) electrons. The second kappa shape index (κ2) is 8.11. The third kappa shape index (κ3) is 3.67. The van der Waals surface area contributed by atoms with Crippen molar-refractivity contribution in [3.05, 3.63) is 42.0 Å². The number of carbonyl (C=O) groups excluding carboxylic acids is 2. The maximum Gasteiger partial charge on any atom is 0.314 e. The highest BCUT2D eigenvalue weighted by Crippen LogP contribution is 2.40. The summed E-state index contributed by atoms with van der Waals surface area (Å²) in [5, 5.41) is 0. The van der Waals surface area contributed by atoms with E-state index in [-0.39, 0.29) is 24.3 Å². The van der Waals surface area contributed by atoms with E-state index in [0.717, 1.165) is 24.0 Å². The van der Waals surface area contributed by atoms with Crippen molar-refractivity contribution in [1.29, 1.82) is 0 Å². The summed E-state index contributed by atoms with van der Waals surface area (Å²) >= 11 is 0. The fourth-order valence-corrected chi connectivity index (χ4v) is 3.57. The first-order valence-electron chi connectivity index (χ1n) is 8.11. The summed E-state index contributed by atoms with van der Waals surface area (Å²) in [4.78, 5) is 26.3. The molecule has 1 aromatic rings. The van der Waals surface area contributed by atoms with Crippen molar-refractivity contribution in [2.24, 2.45) is 0 Å². The van der Waals surface area contributed by atoms with E-state index in [9.17, 15) is 9.59 Å². The zero-order valence-electron chi connectivity index (χ0n) is 14.6. The van der Waals surface area contributed by atoms with Crippen LogP contribution in [0.15, 0.2) is 30.9 Å². The van der Waals surface area contributed by atoms with Crippen molar-refractivity contribution in [3.8, 4) is 5.75 Å². The molecule has 2 atom stereocenters. The molecule has 0 fully saturated rings. The number of fused-ring (bicyclic) bond motifs is 1. The van der Waals surface area contributed by atoms with Crippen LogP contribution in [-0.2, 0) is 20.7 Å². The molecule has 2 rings (SSSR count). The number of methoxy groups -OCH3 is 2. The molecule has 1 aliphatic rings. The summed E-state index contributed by atoms with van der Waals surface area (Å²) in [6, 6.07) is 5.69. The quantitative estimate of drug-likeness (QED) is 0.567. The highest BCUT2D eigenvalue weighted by Gasteiger charge is 2.40. The lowest BCUT2D eigenvalue weighted by atomic mass is 9.77. The lowest BCUT2D eigenvalue weighted by Gasteiger charge is -2.39. The molecule has 0 spiro atoms. The summed E-state index contributed by atoms with van der Waals surface area (Å²) in [5.41, 5.74) is 1.98. The summed E-state index contributed by atoms with van der Waals surface area (Å²) in [7, 11) is 3.00. The summed E-state index contributed by atoms with van der Waals surface area (Å²) in [6.07, 6.45) is 3.37. The molecular formula is C19H25NO4. The largest absolute Gasteiger partial charge is 0.496 e. The molecule has 0 N–H and O–H groups in total. The van der Waals surface area contributed by atoms with Gasteiger partial charge in [0.1, 0.15) is 17.5 Å². The van der Waals surface area contributed by atoms with E-state index in [0.29, 0.717) is 12.3 Å². The van der Waals surface area contributed by atoms with Crippen LogP contribution in [0.3, 0.4) is 0 Å². The van der Waals surface area contributed by atoms with Gasteiger partial charge in [0, 0.05) is 18.2 Å². The maximum atomic E-state index is 12.6. The van der Waals surface area contributed by atoms with Gasteiger partial charge in [-0.2, -0.15) is 0 Å². The third-order valence-corrected chi connectivity index (χ3v) is 4.50. The molecule has 0 bridgehead atoms. The fraction of sp³-hybridized carbons (Fsp3) is 0.474. The van der Waals surface area contributed by atoms with Crippen LogP contribution in [0.4, 0.5) is 0 Å². The molecule has 1 aromatic carbocycles. The van der Waals surface area contributed by atoms with Gasteiger partial charge in [0.2, 0.25) is 0 Å². The number of hydrogen-bond donors (Lipinski definition) is 0. The van der Waals surface area contributed by atoms with Crippen LogP contribution in [0, 0.1) is 0 Å². The molecule has 0 aliphatic heterocycles. The monoisotopic (exact) mass is 331 g/mol. The first-order valence-corrected chi connectivity index (χ1v) is 8.11. The predicted molar refractivity (Wildman–Crippen MR) is 92.3 cm³/mol. The highest BCUT2D eigenvalue weighted by atomic mass is 16.5. The van der Waals surface area contributed by atoms with Crippen LogP contribution < -0.4 is 4.74 Å². The SMILES string of the molecule is C=CCN(CC(C)=O)C1CCc2cccc(OC)c2C1C(=O)OC. The number of hydrogen-bond acceptors (Lipinski definition) is 5. The molecule has 5 heteroatoms. The molecule has 0 amide bonds. The van der Waals surface area contributed by atoms with Gasteiger partial charge in [0.05, 0.1) is 20.8 Å². The van der Waals surface area contributed by atoms with Gasteiger partial charge in [-0.15, -0.1) is 6.58 Å². The van der Waals surface area contributed by atoms with Crippen LogP contribution in [0.5, 0.6) is 5.75 Å². The van der Waals surface area contributed by atoms with Gasteiger partial charge in [-0.3, -0.25) is 14.5 Å². The summed E-state index contributed by atoms with van der Waals surface area (Å²) < 4.78 is 10.6. The van der Waals surface area contributed by atoms with Gasteiger partial charge < -0.3 is 9.47 Å². The van der Waals surface area contributed by atoms with Gasteiger partial charge >= 0.3 is 5.97 Å². The van der Waals surface area contributed by atoms with Crippen LogP contribution in [-0.4, -0.2) is 50.0 Å². The van der Waals surface area contributed by atoms with E-state index in [4.69, 9.17) is 9.47 Å². The van der Waals surface area contributed by atoms with Gasteiger partial charge in [-0.05, 0) is 31.4 Å². The van der Waals surface area contributed by atoms with Crippen molar-refractivity contribution >= 4 is 11.8 Å². The highest BCUT2D eigenvalue weighted by molar-refractivity contribution is 5.82. The minimum absolute atomic E-state index is 0.0614. The Morgan fingerprint density at radius 2 is 2.12 bits per heavy atom. The number of benzene rings is 1. The minimum atomic E-state index is -0.478. The van der Waals surface area contributed by atoms with E-state index < -0.39 is 5.92 Å². The maximum absolute atomic E-state index is 12.6. The average Bonchev–Trinajstić information content (AvgIpc) is 2.58. The molecule has 0 saturated carbocycles. The summed E-state index contributed by atoms with van der Waals surface area (Å²) in [5.74, 6) is -0.0301. The van der Waals surface area contributed by atoms with E-state index in [1.807, 2.05) is 23.1 Å². The number of rotatable bonds is 7. The van der Waals surface area contributed by atoms with E-state index in [1.54, 1.807) is 20.1 Å². The number of aryl methyl sites for hydroxylation is 1. The van der Waals surface area contributed by atoms with Crippen LogP contribution in [0.1, 0.15) is 30.4 Å². The molecule has 130 valence electrons. The number of nitrogens with zero attached hydrogens (tertiary/aromatic N) is 1. The van der Waals surface area contributed by atoms with Crippen molar-refractivity contribution in [3.63, 3.8) is 0 Å². The van der Waals surface area contributed by atoms with E-state index in [2.05, 4.69) is 6.58 Å². The molecule has 1 aliphatic carbocycles. The molecular weight excluding hydrogens is 306 g/mol. The Bertz CT molecular complexity index is 612. The van der Waals surface area contributed by atoms with E-state index in [1.165, 1.54) is 7.11 Å². The first kappa shape index (κ1) is 18.2. The standard InChI is InChI=1S/C19H25NO4/c1-5-11-20(12-13(2)21)15-10-9-14-7-6-8-16(23-3)17(14)18(15)19(22)24-4/h5-8,15,18H,1,9-12H2,2-4H3. The topological polar surface area (TPSA) is 55.8 Å². The first-order chi connectivity index (χ1) is 11.5. The van der Waals surface area contributed by atoms with Crippen LogP contribution >= 0.6 is 0 Å². The Morgan fingerprint density at radius 1 is 1.38 bits per heavy atom. The third-order valence-electron chi connectivity index (χ3n) is 4.50. The number of Topliss-reactive ketones (excluding diaryl/α,β-unsaturated/α-hetero) is 1. The van der Waals surface area contributed by atoms with Gasteiger partial charge in [0.15, 0.2) is 0 Å². The lowest BCUT2D eigenvalue weighted by molar-refractivity contribution is -0.145. The van der Waals surface area contributed by atoms with Crippen LogP contribution in [0.2, 0.25) is 0 Å². The normalized spacial score (nSPS) is 19.5. The Labute approximate surface area is 143 Å². The predicted octanol–water partition coefficient (Wildman–Crippen LogP) is 2.34. The van der Waals surface area contributed by atoms with Crippen LogP contribution in [0.25, 0.3) is 0 Å². The van der Waals surface area contributed by atoms with Gasteiger partial charge in [-0.1, -0.05) is 18.2 Å². The van der Waals surface area contributed by atoms with Gasteiger partial charge in [-0.25, -0.2) is 0 Å². The smallest absolute Gasteiger partial charge is 0.314 e. The van der Waals surface area contributed by atoms with Crippen molar-refractivity contribution in [2.45, 2.75) is 31.7 Å². The average molecular weight is 331 g/mol. The van der Waals surface area contributed by atoms with Crippen molar-refractivity contribution < 1.29 is 19.1 Å². The Balaban J connectivity index is 2.50. The zero-order chi connectivity index (χ0) is 17.7. The number of carbonyl (C=O) groups is 2. The molecule has 0 aromatic heterocycles. The lowest BCUT2D eigenvalue weighted by Crippen LogP contribution is -2.47. The van der Waals surface area contributed by atoms with Gasteiger partial charge in [0.25, 0.3) is 0 Å².